The van der Waals surface area contributed by atoms with Crippen LogP contribution >= 0.6 is 0 Å². The van der Waals surface area contributed by atoms with Crippen molar-refractivity contribution in [1.82, 2.24) is 0 Å². The summed E-state index contributed by atoms with van der Waals surface area (Å²) in [5.41, 5.74) is 1.01. The van der Waals surface area contributed by atoms with Crippen LogP contribution < -0.4 is 0 Å². The third kappa shape index (κ3) is 5.35. The minimum absolute atomic E-state index is 0. The molecule has 0 N–H and O–H groups in total. The minimum Gasteiger partial charge on any atom is -0.759 e. The number of hydrogen-bond donors (Lipinski definition) is 0. The van der Waals surface area contributed by atoms with Crippen LogP contribution in [0.4, 0.5) is 0 Å². The Kier molecular flexibility index (Phi) is 6.10. The smallest absolute Gasteiger partial charge is 0.759 e. The number of allylic oxidation sites excluding steroid dienone is 2. The number of fused-ring (bicyclic) bond motifs is 1. The molecule has 0 saturated heterocycles. The van der Waals surface area contributed by atoms with E-state index >= 15 is 0 Å². The first kappa shape index (κ1) is 16.7. The van der Waals surface area contributed by atoms with Crippen LogP contribution in [0.2, 0.25) is 0 Å². The Morgan fingerprint density at radius 1 is 0.833 bits per heavy atom. The zero-order valence-corrected chi connectivity index (χ0v) is 10.4. The first-order valence-electron chi connectivity index (χ1n) is 4.31. The Balaban J connectivity index is 0.000000421. The van der Waals surface area contributed by atoms with Gasteiger partial charge in [-0.25, -0.2) is 0 Å². The van der Waals surface area contributed by atoms with E-state index < -0.39 is 10.4 Å². The molecule has 99 valence electrons. The standard InChI is InChI=1S/C10H6O2.Cu.H2O4S/c11-9-5-6-10(12)8-4-2-1-3-7(8)9;;1-5(2,3)4/h1-6H;;(H2,1,2,3,4)/q;+2;/p-2. The quantitative estimate of drug-likeness (QED) is 0.385. The van der Waals surface area contributed by atoms with Crippen molar-refractivity contribution in [2.24, 2.45) is 0 Å². The van der Waals surface area contributed by atoms with Crippen molar-refractivity contribution in [3.8, 4) is 0 Å². The fraction of sp³-hybridized carbons (Fsp3) is 0. The summed E-state index contributed by atoms with van der Waals surface area (Å²) in [4.78, 5) is 22.4. The summed E-state index contributed by atoms with van der Waals surface area (Å²) in [6.45, 7) is 0. The van der Waals surface area contributed by atoms with Gasteiger partial charge in [-0.2, -0.15) is 0 Å². The van der Waals surface area contributed by atoms with Gasteiger partial charge in [0.05, 0.1) is 0 Å². The largest absolute Gasteiger partial charge is 2.00 e. The molecule has 0 atom stereocenters. The number of benzene rings is 1. The van der Waals surface area contributed by atoms with Gasteiger partial charge < -0.3 is 9.11 Å². The first-order valence-corrected chi connectivity index (χ1v) is 5.65. The van der Waals surface area contributed by atoms with Gasteiger partial charge in [0.2, 0.25) is 0 Å². The molecule has 1 radical (unpaired) electrons. The maximum absolute atomic E-state index is 11.2. The molecule has 6 nitrogen and oxygen atoms in total. The molecule has 1 aliphatic rings. The van der Waals surface area contributed by atoms with E-state index in [9.17, 15) is 9.59 Å². The Morgan fingerprint density at radius 3 is 1.39 bits per heavy atom. The fourth-order valence-corrected chi connectivity index (χ4v) is 1.24. The van der Waals surface area contributed by atoms with Crippen LogP contribution in [0.15, 0.2) is 36.4 Å². The van der Waals surface area contributed by atoms with E-state index in [0.717, 1.165) is 0 Å². The number of ketones is 2. The van der Waals surface area contributed by atoms with Crippen LogP contribution in [0, 0.1) is 0 Å². The Bertz CT molecular complexity index is 545. The normalized spacial score (nSPS) is 13.0. The van der Waals surface area contributed by atoms with E-state index in [-0.39, 0.29) is 28.6 Å². The van der Waals surface area contributed by atoms with Crippen molar-refractivity contribution in [2.75, 3.05) is 0 Å². The zero-order chi connectivity index (χ0) is 13.1. The minimum atomic E-state index is -5.17. The number of carbonyl (C=O) groups is 2. The van der Waals surface area contributed by atoms with Gasteiger partial charge in [-0.3, -0.25) is 18.0 Å². The van der Waals surface area contributed by atoms with Crippen LogP contribution in [-0.4, -0.2) is 29.1 Å². The van der Waals surface area contributed by atoms with E-state index in [4.69, 9.17) is 17.5 Å². The summed E-state index contributed by atoms with van der Waals surface area (Å²) in [5, 5.41) is 0. The van der Waals surface area contributed by atoms with Gasteiger partial charge in [0.1, 0.15) is 0 Å². The molecule has 0 saturated carbocycles. The molecule has 1 aromatic carbocycles. The predicted octanol–water partition coefficient (Wildman–Crippen LogP) is 0.281. The van der Waals surface area contributed by atoms with Gasteiger partial charge in [0.15, 0.2) is 11.6 Å². The summed E-state index contributed by atoms with van der Waals surface area (Å²) in [6.07, 6.45) is 2.62. The van der Waals surface area contributed by atoms with Crippen molar-refractivity contribution >= 4 is 22.0 Å². The van der Waals surface area contributed by atoms with Gasteiger partial charge in [-0.15, -0.1) is 0 Å². The third-order valence-corrected chi connectivity index (χ3v) is 1.84. The molecule has 0 fully saturated rings. The average molecular weight is 318 g/mol. The maximum Gasteiger partial charge on any atom is 2.00 e. The second-order valence-electron chi connectivity index (χ2n) is 3.02. The number of hydrogen-bond acceptors (Lipinski definition) is 6. The first-order chi connectivity index (χ1) is 7.79. The van der Waals surface area contributed by atoms with Crippen LogP contribution in [0.5, 0.6) is 0 Å². The molecule has 0 amide bonds. The summed E-state index contributed by atoms with van der Waals surface area (Å²) >= 11 is 0. The summed E-state index contributed by atoms with van der Waals surface area (Å²) in [5.74, 6) is -0.185. The Hall–Kier alpha value is -1.31. The van der Waals surface area contributed by atoms with Crippen molar-refractivity contribution < 1.29 is 44.2 Å². The fourth-order valence-electron chi connectivity index (χ4n) is 1.24. The molecule has 2 rings (SSSR count). The Labute approximate surface area is 114 Å². The third-order valence-electron chi connectivity index (χ3n) is 1.84. The predicted molar refractivity (Wildman–Crippen MR) is 54.7 cm³/mol. The van der Waals surface area contributed by atoms with Crippen LogP contribution in [0.25, 0.3) is 0 Å². The van der Waals surface area contributed by atoms with Crippen molar-refractivity contribution in [2.45, 2.75) is 0 Å². The van der Waals surface area contributed by atoms with E-state index in [1.165, 1.54) is 12.2 Å². The van der Waals surface area contributed by atoms with Crippen LogP contribution in [0.3, 0.4) is 0 Å². The van der Waals surface area contributed by atoms with Crippen molar-refractivity contribution in [3.63, 3.8) is 0 Å². The molecule has 1 aromatic rings. The molecule has 0 unspecified atom stereocenters. The molecular weight excluding hydrogens is 312 g/mol. The molecule has 18 heavy (non-hydrogen) atoms. The molecule has 1 aliphatic carbocycles. The summed E-state index contributed by atoms with van der Waals surface area (Å²) < 4.78 is 34.1. The second kappa shape index (κ2) is 6.58. The molecule has 0 heterocycles. The summed E-state index contributed by atoms with van der Waals surface area (Å²) in [7, 11) is -5.17. The molecule has 8 heteroatoms. The van der Waals surface area contributed by atoms with E-state index in [1.54, 1.807) is 24.3 Å². The molecule has 0 aliphatic heterocycles. The molecule has 0 bridgehead atoms. The monoisotopic (exact) mass is 317 g/mol. The average Bonchev–Trinajstić information content (AvgIpc) is 2.22. The van der Waals surface area contributed by atoms with Crippen molar-refractivity contribution in [3.05, 3.63) is 47.5 Å². The van der Waals surface area contributed by atoms with Gasteiger partial charge in [-0.05, 0) is 12.2 Å². The van der Waals surface area contributed by atoms with E-state index in [2.05, 4.69) is 0 Å². The SMILES string of the molecule is O=C1C=CC(=O)c2ccccc21.O=S(=O)([O-])[O-].[Cu+2]. The van der Waals surface area contributed by atoms with Crippen LogP contribution in [0.1, 0.15) is 20.7 Å². The van der Waals surface area contributed by atoms with Gasteiger partial charge in [0, 0.05) is 21.5 Å². The van der Waals surface area contributed by atoms with Gasteiger partial charge >= 0.3 is 17.1 Å². The molecular formula is C10H6CuO6S. The summed E-state index contributed by atoms with van der Waals surface area (Å²) in [6, 6.07) is 6.84. The number of carbonyl (C=O) groups excluding carboxylic acids is 2. The molecule has 0 spiro atoms. The Morgan fingerprint density at radius 2 is 1.11 bits per heavy atom. The second-order valence-corrected chi connectivity index (χ2v) is 3.83. The maximum atomic E-state index is 11.2. The van der Waals surface area contributed by atoms with Gasteiger partial charge in [-0.1, -0.05) is 24.3 Å². The molecule has 0 aromatic heterocycles. The van der Waals surface area contributed by atoms with Gasteiger partial charge in [0.25, 0.3) is 0 Å². The van der Waals surface area contributed by atoms with E-state index in [1.807, 2.05) is 0 Å². The van der Waals surface area contributed by atoms with Crippen molar-refractivity contribution in [1.29, 1.82) is 0 Å². The van der Waals surface area contributed by atoms with E-state index in [0.29, 0.717) is 11.1 Å². The van der Waals surface area contributed by atoms with Crippen LogP contribution in [-0.2, 0) is 27.5 Å². The topological polar surface area (TPSA) is 114 Å². The number of rotatable bonds is 0. The zero-order valence-electron chi connectivity index (χ0n) is 8.62.